The van der Waals surface area contributed by atoms with Crippen LogP contribution in [0.3, 0.4) is 0 Å². The molecular formula is C18H17NO2S. The fraction of sp³-hybridized carbons (Fsp3) is 0.278. The van der Waals surface area contributed by atoms with Crippen LogP contribution in [0.1, 0.15) is 28.4 Å². The van der Waals surface area contributed by atoms with Crippen LogP contribution in [-0.4, -0.2) is 29.7 Å². The SMILES string of the molecule is CCOc1ccc([C@@]23SCCN2C(=O)c2ccccc23)cc1. The normalized spacial score (nSPS) is 22.6. The van der Waals surface area contributed by atoms with E-state index in [1.165, 1.54) is 0 Å². The fourth-order valence-electron chi connectivity index (χ4n) is 3.44. The molecule has 1 amide bonds. The molecule has 22 heavy (non-hydrogen) atoms. The lowest BCUT2D eigenvalue weighted by Gasteiger charge is -2.32. The predicted octanol–water partition coefficient (Wildman–Crippen LogP) is 3.49. The van der Waals surface area contributed by atoms with Crippen molar-refractivity contribution in [1.82, 2.24) is 4.90 Å². The van der Waals surface area contributed by atoms with Gasteiger partial charge in [0.25, 0.3) is 5.91 Å². The number of benzene rings is 2. The molecule has 0 bridgehead atoms. The van der Waals surface area contributed by atoms with Gasteiger partial charge in [-0.2, -0.15) is 0 Å². The molecule has 0 N–H and O–H groups in total. The maximum atomic E-state index is 12.7. The first kappa shape index (κ1) is 13.7. The summed E-state index contributed by atoms with van der Waals surface area (Å²) in [6.07, 6.45) is 0. The molecule has 1 atom stereocenters. The predicted molar refractivity (Wildman–Crippen MR) is 88.3 cm³/mol. The maximum Gasteiger partial charge on any atom is 0.255 e. The van der Waals surface area contributed by atoms with Crippen LogP contribution in [0, 0.1) is 0 Å². The van der Waals surface area contributed by atoms with Gasteiger partial charge in [-0.15, -0.1) is 11.8 Å². The van der Waals surface area contributed by atoms with Gasteiger partial charge in [-0.05, 0) is 30.7 Å². The lowest BCUT2D eigenvalue weighted by molar-refractivity contribution is 0.0752. The van der Waals surface area contributed by atoms with E-state index in [0.717, 1.165) is 34.7 Å². The summed E-state index contributed by atoms with van der Waals surface area (Å²) >= 11 is 1.84. The van der Waals surface area contributed by atoms with E-state index in [1.807, 2.05) is 53.9 Å². The molecule has 2 heterocycles. The van der Waals surface area contributed by atoms with Gasteiger partial charge in [-0.1, -0.05) is 30.3 Å². The first-order valence-electron chi connectivity index (χ1n) is 7.56. The molecule has 2 aliphatic heterocycles. The smallest absolute Gasteiger partial charge is 0.255 e. The third kappa shape index (κ3) is 1.73. The lowest BCUT2D eigenvalue weighted by atomic mass is 9.97. The second kappa shape index (κ2) is 5.06. The Bertz CT molecular complexity index is 728. The number of nitrogens with zero attached hydrogens (tertiary/aromatic N) is 1. The quantitative estimate of drug-likeness (QED) is 0.869. The number of ether oxygens (including phenoxy) is 1. The zero-order chi connectivity index (χ0) is 15.2. The molecule has 4 heteroatoms. The van der Waals surface area contributed by atoms with Crippen LogP contribution in [0.15, 0.2) is 48.5 Å². The van der Waals surface area contributed by atoms with Crippen molar-refractivity contribution >= 4 is 17.7 Å². The van der Waals surface area contributed by atoms with Gasteiger partial charge in [-0.25, -0.2) is 0 Å². The van der Waals surface area contributed by atoms with Crippen LogP contribution in [0.5, 0.6) is 5.75 Å². The standard InChI is InChI=1S/C18H17NO2S/c1-2-21-14-9-7-13(8-10-14)18-16-6-4-3-5-15(16)17(20)19(18)11-12-22-18/h3-10H,2,11-12H2,1H3/t18-/m0/s1. The van der Waals surface area contributed by atoms with Crippen LogP contribution in [0.4, 0.5) is 0 Å². The second-order valence-corrected chi connectivity index (χ2v) is 6.74. The molecule has 0 radical (unpaired) electrons. The van der Waals surface area contributed by atoms with E-state index in [-0.39, 0.29) is 10.8 Å². The number of amides is 1. The zero-order valence-corrected chi connectivity index (χ0v) is 13.2. The largest absolute Gasteiger partial charge is 0.494 e. The van der Waals surface area contributed by atoms with E-state index in [2.05, 4.69) is 18.2 Å². The number of carbonyl (C=O) groups excluding carboxylic acids is 1. The summed E-state index contributed by atoms with van der Waals surface area (Å²) in [5, 5.41) is 0. The molecule has 0 aliphatic carbocycles. The highest BCUT2D eigenvalue weighted by Crippen LogP contribution is 2.55. The molecule has 1 fully saturated rings. The third-order valence-electron chi connectivity index (χ3n) is 4.33. The van der Waals surface area contributed by atoms with Crippen molar-refractivity contribution in [1.29, 1.82) is 0 Å². The minimum atomic E-state index is -0.363. The summed E-state index contributed by atoms with van der Waals surface area (Å²) in [6.45, 7) is 3.44. The molecule has 112 valence electrons. The van der Waals surface area contributed by atoms with Gasteiger partial charge in [0, 0.05) is 23.4 Å². The molecule has 4 rings (SSSR count). The number of carbonyl (C=O) groups is 1. The van der Waals surface area contributed by atoms with Gasteiger partial charge in [0.05, 0.1) is 6.61 Å². The minimum absolute atomic E-state index is 0.148. The maximum absolute atomic E-state index is 12.7. The first-order valence-corrected chi connectivity index (χ1v) is 8.54. The zero-order valence-electron chi connectivity index (χ0n) is 12.4. The Hall–Kier alpha value is -1.94. The Morgan fingerprint density at radius 3 is 2.73 bits per heavy atom. The number of fused-ring (bicyclic) bond motifs is 3. The Balaban J connectivity index is 1.86. The van der Waals surface area contributed by atoms with E-state index >= 15 is 0 Å². The highest BCUT2D eigenvalue weighted by molar-refractivity contribution is 8.00. The summed E-state index contributed by atoms with van der Waals surface area (Å²) in [7, 11) is 0. The van der Waals surface area contributed by atoms with E-state index in [9.17, 15) is 4.79 Å². The molecule has 1 saturated heterocycles. The number of hydrogen-bond acceptors (Lipinski definition) is 3. The third-order valence-corrected chi connectivity index (χ3v) is 5.81. The summed E-state index contributed by atoms with van der Waals surface area (Å²) in [6, 6.07) is 16.2. The number of hydrogen-bond donors (Lipinski definition) is 0. The van der Waals surface area contributed by atoms with Gasteiger partial charge in [0.2, 0.25) is 0 Å². The molecule has 0 unspecified atom stereocenters. The van der Waals surface area contributed by atoms with Gasteiger partial charge in [0.1, 0.15) is 10.6 Å². The van der Waals surface area contributed by atoms with Crippen molar-refractivity contribution in [3.05, 3.63) is 65.2 Å². The molecule has 0 spiro atoms. The van der Waals surface area contributed by atoms with Gasteiger partial charge in [-0.3, -0.25) is 4.79 Å². The molecule has 0 aromatic heterocycles. The average molecular weight is 311 g/mol. The van der Waals surface area contributed by atoms with Crippen LogP contribution in [0.2, 0.25) is 0 Å². The second-order valence-electron chi connectivity index (χ2n) is 5.45. The molecule has 3 nitrogen and oxygen atoms in total. The van der Waals surface area contributed by atoms with Crippen LogP contribution in [0.25, 0.3) is 0 Å². The molecule has 0 saturated carbocycles. The Morgan fingerprint density at radius 1 is 1.18 bits per heavy atom. The highest BCUT2D eigenvalue weighted by Gasteiger charge is 2.54. The van der Waals surface area contributed by atoms with Crippen molar-refractivity contribution in [3.63, 3.8) is 0 Å². The van der Waals surface area contributed by atoms with E-state index < -0.39 is 0 Å². The molecular weight excluding hydrogens is 294 g/mol. The Labute approximate surface area is 134 Å². The van der Waals surface area contributed by atoms with E-state index in [0.29, 0.717) is 6.61 Å². The van der Waals surface area contributed by atoms with Gasteiger partial charge >= 0.3 is 0 Å². The van der Waals surface area contributed by atoms with Gasteiger partial charge < -0.3 is 9.64 Å². The molecule has 2 aliphatic rings. The Morgan fingerprint density at radius 2 is 1.95 bits per heavy atom. The Kier molecular flexibility index (Phi) is 3.15. The van der Waals surface area contributed by atoms with Crippen molar-refractivity contribution in [2.24, 2.45) is 0 Å². The first-order chi connectivity index (χ1) is 10.8. The lowest BCUT2D eigenvalue weighted by Crippen LogP contribution is -2.37. The summed E-state index contributed by atoms with van der Waals surface area (Å²) in [5.41, 5.74) is 3.10. The number of rotatable bonds is 3. The number of thioether (sulfide) groups is 1. The topological polar surface area (TPSA) is 29.5 Å². The van der Waals surface area contributed by atoms with Crippen molar-refractivity contribution < 1.29 is 9.53 Å². The van der Waals surface area contributed by atoms with Crippen molar-refractivity contribution in [2.75, 3.05) is 18.9 Å². The summed E-state index contributed by atoms with van der Waals surface area (Å²) < 4.78 is 5.54. The van der Waals surface area contributed by atoms with Crippen molar-refractivity contribution in [2.45, 2.75) is 11.8 Å². The monoisotopic (exact) mass is 311 g/mol. The van der Waals surface area contributed by atoms with Crippen molar-refractivity contribution in [3.8, 4) is 5.75 Å². The highest BCUT2D eigenvalue weighted by atomic mass is 32.2. The van der Waals surface area contributed by atoms with Crippen LogP contribution >= 0.6 is 11.8 Å². The van der Waals surface area contributed by atoms with Crippen LogP contribution in [-0.2, 0) is 4.87 Å². The summed E-state index contributed by atoms with van der Waals surface area (Å²) in [4.78, 5) is 14.4. The molecule has 2 aromatic rings. The molecule has 2 aromatic carbocycles. The van der Waals surface area contributed by atoms with Crippen LogP contribution < -0.4 is 4.74 Å². The average Bonchev–Trinajstić information content (AvgIpc) is 3.09. The summed E-state index contributed by atoms with van der Waals surface area (Å²) in [5.74, 6) is 1.98. The minimum Gasteiger partial charge on any atom is -0.494 e. The van der Waals surface area contributed by atoms with E-state index in [1.54, 1.807) is 0 Å². The van der Waals surface area contributed by atoms with E-state index in [4.69, 9.17) is 4.74 Å². The fourth-order valence-corrected chi connectivity index (χ4v) is 4.97. The van der Waals surface area contributed by atoms with Gasteiger partial charge in [0.15, 0.2) is 0 Å².